The summed E-state index contributed by atoms with van der Waals surface area (Å²) in [6.45, 7) is 9.36. The molecule has 0 amide bonds. The molecule has 1 heterocycles. The second-order valence-electron chi connectivity index (χ2n) is 5.13. The van der Waals surface area contributed by atoms with Crippen LogP contribution in [0.1, 0.15) is 31.7 Å². The van der Waals surface area contributed by atoms with Gasteiger partial charge in [-0.3, -0.25) is 0 Å². The van der Waals surface area contributed by atoms with Crippen LogP contribution in [-0.4, -0.2) is 19.1 Å². The molecular weight excluding hydrogens is 220 g/mol. The molecule has 1 atom stereocenters. The first-order chi connectivity index (χ1) is 8.81. The van der Waals surface area contributed by atoms with E-state index in [1.807, 2.05) is 6.08 Å². The monoisotopic (exact) mass is 244 g/mol. The van der Waals surface area contributed by atoms with E-state index in [1.54, 1.807) is 0 Å². The van der Waals surface area contributed by atoms with Crippen LogP contribution in [0.2, 0.25) is 0 Å². The quantitative estimate of drug-likeness (QED) is 0.772. The topological polar surface area (TPSA) is 15.3 Å². The molecule has 18 heavy (non-hydrogen) atoms. The second-order valence-corrected chi connectivity index (χ2v) is 5.13. The first-order valence-electron chi connectivity index (χ1n) is 6.98. The zero-order chi connectivity index (χ0) is 12.8. The van der Waals surface area contributed by atoms with Crippen molar-refractivity contribution in [2.45, 2.75) is 38.8 Å². The molecule has 1 aliphatic heterocycles. The number of hydrogen-bond donors (Lipinski definition) is 1. The normalized spacial score (nSPS) is 16.8. The maximum Gasteiger partial charge on any atom is 0.0411 e. The van der Waals surface area contributed by atoms with Gasteiger partial charge in [0.25, 0.3) is 0 Å². The first kappa shape index (κ1) is 13.2. The number of nitrogens with one attached hydrogen (secondary N) is 1. The summed E-state index contributed by atoms with van der Waals surface area (Å²) in [6.07, 6.45) is 5.65. The summed E-state index contributed by atoms with van der Waals surface area (Å²) in [7, 11) is 0. The lowest BCUT2D eigenvalue weighted by Gasteiger charge is -2.22. The summed E-state index contributed by atoms with van der Waals surface area (Å²) in [6, 6.07) is 9.26. The zero-order valence-corrected chi connectivity index (χ0v) is 11.4. The molecule has 0 radical (unpaired) electrons. The van der Waals surface area contributed by atoms with Crippen LogP contribution in [0.15, 0.2) is 36.9 Å². The van der Waals surface area contributed by atoms with Gasteiger partial charge in [-0.25, -0.2) is 0 Å². The third-order valence-electron chi connectivity index (χ3n) is 3.60. The summed E-state index contributed by atoms with van der Waals surface area (Å²) in [4.78, 5) is 2.51. The van der Waals surface area contributed by atoms with E-state index in [2.05, 4.69) is 48.0 Å². The molecule has 1 saturated heterocycles. The predicted octanol–water partition coefficient (Wildman–Crippen LogP) is 3.34. The van der Waals surface area contributed by atoms with Gasteiger partial charge in [0.2, 0.25) is 0 Å². The van der Waals surface area contributed by atoms with Gasteiger partial charge in [-0.05, 0) is 37.8 Å². The molecule has 0 aliphatic carbocycles. The molecule has 2 heteroatoms. The standard InChI is InChI=1S/C16H24N2/c1-3-8-14(2)17-13-15-9-4-5-10-16(15)18-11-6-7-12-18/h3-5,9-10,14,17H,1,6-8,11-13H2,2H3. The van der Waals surface area contributed by atoms with Crippen molar-refractivity contribution in [1.29, 1.82) is 0 Å². The summed E-state index contributed by atoms with van der Waals surface area (Å²) in [5.74, 6) is 0. The molecule has 1 aliphatic rings. The molecule has 0 aromatic heterocycles. The van der Waals surface area contributed by atoms with Gasteiger partial charge >= 0.3 is 0 Å². The molecule has 0 spiro atoms. The van der Waals surface area contributed by atoms with Crippen LogP contribution in [0.25, 0.3) is 0 Å². The van der Waals surface area contributed by atoms with E-state index in [0.717, 1.165) is 13.0 Å². The minimum absolute atomic E-state index is 0.495. The van der Waals surface area contributed by atoms with E-state index in [4.69, 9.17) is 0 Å². The Balaban J connectivity index is 2.00. The molecule has 2 nitrogen and oxygen atoms in total. The van der Waals surface area contributed by atoms with Gasteiger partial charge in [-0.2, -0.15) is 0 Å². The van der Waals surface area contributed by atoms with Crippen LogP contribution in [0.5, 0.6) is 0 Å². The minimum atomic E-state index is 0.495. The summed E-state index contributed by atoms with van der Waals surface area (Å²) in [5, 5.41) is 3.57. The van der Waals surface area contributed by atoms with Crippen LogP contribution in [0, 0.1) is 0 Å². The maximum absolute atomic E-state index is 3.79. The Kier molecular flexibility index (Phi) is 4.82. The van der Waals surface area contributed by atoms with Crippen LogP contribution < -0.4 is 10.2 Å². The summed E-state index contributed by atoms with van der Waals surface area (Å²) in [5.41, 5.74) is 2.82. The molecular formula is C16H24N2. The van der Waals surface area contributed by atoms with E-state index in [9.17, 15) is 0 Å². The van der Waals surface area contributed by atoms with Crippen molar-refractivity contribution in [3.63, 3.8) is 0 Å². The average Bonchev–Trinajstić information content (AvgIpc) is 2.91. The Bertz CT molecular complexity index is 380. The van der Waals surface area contributed by atoms with Gasteiger partial charge in [0, 0.05) is 31.4 Å². The average molecular weight is 244 g/mol. The van der Waals surface area contributed by atoms with Crippen molar-refractivity contribution in [2.24, 2.45) is 0 Å². The molecule has 1 aromatic carbocycles. The fourth-order valence-corrected chi connectivity index (χ4v) is 2.54. The number of rotatable bonds is 6. The van der Waals surface area contributed by atoms with Crippen molar-refractivity contribution >= 4 is 5.69 Å². The largest absolute Gasteiger partial charge is 0.371 e. The Hall–Kier alpha value is -1.28. The fraction of sp³-hybridized carbons (Fsp3) is 0.500. The van der Waals surface area contributed by atoms with Crippen molar-refractivity contribution in [3.8, 4) is 0 Å². The first-order valence-corrected chi connectivity index (χ1v) is 6.98. The Morgan fingerprint density at radius 3 is 2.78 bits per heavy atom. The van der Waals surface area contributed by atoms with Crippen molar-refractivity contribution in [3.05, 3.63) is 42.5 Å². The highest BCUT2D eigenvalue weighted by atomic mass is 15.1. The number of hydrogen-bond acceptors (Lipinski definition) is 2. The summed E-state index contributed by atoms with van der Waals surface area (Å²) >= 11 is 0. The van der Waals surface area contributed by atoms with Gasteiger partial charge in [0.15, 0.2) is 0 Å². The lowest BCUT2D eigenvalue weighted by atomic mass is 10.1. The van der Waals surface area contributed by atoms with Crippen molar-refractivity contribution < 1.29 is 0 Å². The third kappa shape index (κ3) is 3.36. The molecule has 0 bridgehead atoms. The third-order valence-corrected chi connectivity index (χ3v) is 3.60. The van der Waals surface area contributed by atoms with Gasteiger partial charge in [0.1, 0.15) is 0 Å². The number of benzene rings is 1. The molecule has 98 valence electrons. The van der Waals surface area contributed by atoms with Crippen LogP contribution in [0.4, 0.5) is 5.69 Å². The van der Waals surface area contributed by atoms with Gasteiger partial charge in [-0.15, -0.1) is 6.58 Å². The molecule has 1 unspecified atom stereocenters. The zero-order valence-electron chi connectivity index (χ0n) is 11.4. The number of anilines is 1. The molecule has 0 saturated carbocycles. The van der Waals surface area contributed by atoms with Crippen molar-refractivity contribution in [1.82, 2.24) is 5.32 Å². The van der Waals surface area contributed by atoms with Crippen LogP contribution in [0.3, 0.4) is 0 Å². The second kappa shape index (κ2) is 6.60. The van der Waals surface area contributed by atoms with Crippen LogP contribution in [-0.2, 0) is 6.54 Å². The van der Waals surface area contributed by atoms with E-state index in [0.29, 0.717) is 6.04 Å². The number of para-hydroxylation sites is 1. The highest BCUT2D eigenvalue weighted by Gasteiger charge is 2.15. The fourth-order valence-electron chi connectivity index (χ4n) is 2.54. The highest BCUT2D eigenvalue weighted by Crippen LogP contribution is 2.24. The highest BCUT2D eigenvalue weighted by molar-refractivity contribution is 5.54. The van der Waals surface area contributed by atoms with Crippen LogP contribution >= 0.6 is 0 Å². The molecule has 1 N–H and O–H groups in total. The molecule has 1 aromatic rings. The molecule has 2 rings (SSSR count). The molecule has 1 fully saturated rings. The smallest absolute Gasteiger partial charge is 0.0411 e. The Morgan fingerprint density at radius 1 is 1.33 bits per heavy atom. The van der Waals surface area contributed by atoms with Gasteiger partial charge in [0.05, 0.1) is 0 Å². The van der Waals surface area contributed by atoms with E-state index < -0.39 is 0 Å². The lowest BCUT2D eigenvalue weighted by Crippen LogP contribution is -2.26. The summed E-state index contributed by atoms with van der Waals surface area (Å²) < 4.78 is 0. The maximum atomic E-state index is 3.79. The minimum Gasteiger partial charge on any atom is -0.371 e. The number of nitrogens with zero attached hydrogens (tertiary/aromatic N) is 1. The van der Waals surface area contributed by atoms with E-state index >= 15 is 0 Å². The van der Waals surface area contributed by atoms with Gasteiger partial charge in [-0.1, -0.05) is 24.3 Å². The Labute approximate surface area is 111 Å². The Morgan fingerprint density at radius 2 is 2.06 bits per heavy atom. The van der Waals surface area contributed by atoms with Gasteiger partial charge < -0.3 is 10.2 Å². The predicted molar refractivity (Wildman–Crippen MR) is 79.0 cm³/mol. The van der Waals surface area contributed by atoms with E-state index in [1.165, 1.54) is 37.2 Å². The van der Waals surface area contributed by atoms with Crippen molar-refractivity contribution in [2.75, 3.05) is 18.0 Å². The lowest BCUT2D eigenvalue weighted by molar-refractivity contribution is 0.553. The van der Waals surface area contributed by atoms with E-state index in [-0.39, 0.29) is 0 Å². The SMILES string of the molecule is C=CCC(C)NCc1ccccc1N1CCCC1.